The molecule has 1 amide bonds. The number of hydrogen-bond donors (Lipinski definition) is 2. The number of aryl methyl sites for hydroxylation is 1. The Kier molecular flexibility index (Phi) is 6.70. The first-order chi connectivity index (χ1) is 12.3. The third-order valence-corrected chi connectivity index (χ3v) is 5.58. The molecule has 1 aromatic carbocycles. The van der Waals surface area contributed by atoms with Gasteiger partial charge in [-0.3, -0.25) is 14.9 Å². The average molecular weight is 397 g/mol. The van der Waals surface area contributed by atoms with Crippen molar-refractivity contribution in [2.75, 3.05) is 24.7 Å². The first-order valence-electron chi connectivity index (χ1n) is 7.79. The molecule has 0 saturated heterocycles. The predicted molar refractivity (Wildman–Crippen MR) is 100 cm³/mol. The van der Waals surface area contributed by atoms with Gasteiger partial charge in [0, 0.05) is 36.7 Å². The quantitative estimate of drug-likeness (QED) is 0.380. The number of anilines is 1. The van der Waals surface area contributed by atoms with E-state index < -0.39 is 14.8 Å². The molecule has 0 aliphatic heterocycles. The van der Waals surface area contributed by atoms with Gasteiger partial charge < -0.3 is 10.6 Å². The van der Waals surface area contributed by atoms with Crippen molar-refractivity contribution in [3.63, 3.8) is 0 Å². The second-order valence-electron chi connectivity index (χ2n) is 5.56. The van der Waals surface area contributed by atoms with Gasteiger partial charge in [0.05, 0.1) is 9.82 Å². The lowest BCUT2D eigenvalue weighted by atomic mass is 10.2. The number of nitro benzene ring substituents is 1. The van der Waals surface area contributed by atoms with Crippen molar-refractivity contribution in [1.82, 2.24) is 5.32 Å². The van der Waals surface area contributed by atoms with Crippen LogP contribution in [-0.2, 0) is 21.1 Å². The van der Waals surface area contributed by atoms with E-state index in [1.165, 1.54) is 12.1 Å². The van der Waals surface area contributed by atoms with E-state index in [9.17, 15) is 23.3 Å². The molecule has 0 radical (unpaired) electrons. The van der Waals surface area contributed by atoms with Gasteiger partial charge in [0.15, 0.2) is 9.84 Å². The molecular weight excluding hydrogens is 378 g/mol. The molecule has 0 aliphatic rings. The first kappa shape index (κ1) is 19.9. The normalized spacial score (nSPS) is 11.1. The molecule has 2 N–H and O–H groups in total. The number of sulfone groups is 1. The minimum absolute atomic E-state index is 0.0953. The zero-order valence-electron chi connectivity index (χ0n) is 14.1. The van der Waals surface area contributed by atoms with Crippen LogP contribution in [0, 0.1) is 10.1 Å². The number of nitrogens with zero attached hydrogens (tertiary/aromatic N) is 1. The van der Waals surface area contributed by atoms with Crippen LogP contribution in [0.4, 0.5) is 11.4 Å². The van der Waals surface area contributed by atoms with Gasteiger partial charge in [-0.2, -0.15) is 0 Å². The molecule has 2 rings (SSSR count). The van der Waals surface area contributed by atoms with E-state index in [0.29, 0.717) is 19.4 Å². The van der Waals surface area contributed by atoms with E-state index in [1.54, 1.807) is 11.3 Å². The molecule has 26 heavy (non-hydrogen) atoms. The van der Waals surface area contributed by atoms with Gasteiger partial charge in [-0.15, -0.1) is 11.3 Å². The highest BCUT2D eigenvalue weighted by molar-refractivity contribution is 7.90. The molecule has 140 valence electrons. The Morgan fingerprint density at radius 2 is 2.04 bits per heavy atom. The Bertz CT molecular complexity index is 879. The van der Waals surface area contributed by atoms with E-state index in [1.807, 2.05) is 17.5 Å². The maximum absolute atomic E-state index is 11.8. The average Bonchev–Trinajstić information content (AvgIpc) is 3.09. The SMILES string of the molecule is CS(=O)(=O)c1ccc(NCCNC(=O)CCc2cccs2)c([N+](=O)[O-])c1. The number of nitrogens with one attached hydrogen (secondary N) is 2. The van der Waals surface area contributed by atoms with Crippen LogP contribution in [0.1, 0.15) is 11.3 Å². The summed E-state index contributed by atoms with van der Waals surface area (Å²) < 4.78 is 23.0. The smallest absolute Gasteiger partial charge is 0.293 e. The molecule has 10 heteroatoms. The van der Waals surface area contributed by atoms with Crippen LogP contribution in [0.5, 0.6) is 0 Å². The topological polar surface area (TPSA) is 118 Å². The van der Waals surface area contributed by atoms with Crippen LogP contribution in [0.15, 0.2) is 40.6 Å². The van der Waals surface area contributed by atoms with E-state index >= 15 is 0 Å². The summed E-state index contributed by atoms with van der Waals surface area (Å²) >= 11 is 1.60. The molecule has 1 heterocycles. The standard InChI is InChI=1S/C16H19N3O5S2/c1-26(23,24)13-5-6-14(15(11-13)19(21)22)17-8-9-18-16(20)7-4-12-3-2-10-25-12/h2-3,5-6,10-11,17H,4,7-9H2,1H3,(H,18,20). The number of carbonyl (C=O) groups excluding carboxylic acids is 1. The summed E-state index contributed by atoms with van der Waals surface area (Å²) in [5.74, 6) is -0.0953. The van der Waals surface area contributed by atoms with Crippen LogP contribution in [0.2, 0.25) is 0 Å². The monoisotopic (exact) mass is 397 g/mol. The summed E-state index contributed by atoms with van der Waals surface area (Å²) in [7, 11) is -3.53. The molecule has 0 aliphatic carbocycles. The van der Waals surface area contributed by atoms with Crippen molar-refractivity contribution in [1.29, 1.82) is 0 Å². The number of carbonyl (C=O) groups is 1. The number of thiophene rings is 1. The van der Waals surface area contributed by atoms with Gasteiger partial charge in [0.1, 0.15) is 5.69 Å². The van der Waals surface area contributed by atoms with Crippen molar-refractivity contribution in [2.45, 2.75) is 17.7 Å². The summed E-state index contributed by atoms with van der Waals surface area (Å²) in [6, 6.07) is 7.59. The van der Waals surface area contributed by atoms with Crippen LogP contribution < -0.4 is 10.6 Å². The molecule has 0 bridgehead atoms. The van der Waals surface area contributed by atoms with Crippen LogP contribution in [0.25, 0.3) is 0 Å². The fourth-order valence-electron chi connectivity index (χ4n) is 2.22. The summed E-state index contributed by atoms with van der Waals surface area (Å²) in [5, 5.41) is 18.7. The third kappa shape index (κ3) is 5.81. The fourth-order valence-corrected chi connectivity index (χ4v) is 3.57. The summed E-state index contributed by atoms with van der Waals surface area (Å²) in [4.78, 5) is 23.3. The molecule has 0 fully saturated rings. The van der Waals surface area contributed by atoms with Crippen LogP contribution >= 0.6 is 11.3 Å². The van der Waals surface area contributed by atoms with Gasteiger partial charge in [-0.05, 0) is 30.0 Å². The molecule has 0 unspecified atom stereocenters. The molecule has 0 saturated carbocycles. The number of nitro groups is 1. The Morgan fingerprint density at radius 1 is 1.27 bits per heavy atom. The molecule has 8 nitrogen and oxygen atoms in total. The van der Waals surface area contributed by atoms with E-state index in [4.69, 9.17) is 0 Å². The highest BCUT2D eigenvalue weighted by atomic mass is 32.2. The van der Waals surface area contributed by atoms with Crippen molar-refractivity contribution in [3.05, 3.63) is 50.7 Å². The van der Waals surface area contributed by atoms with E-state index in [2.05, 4.69) is 10.6 Å². The number of hydrogen-bond acceptors (Lipinski definition) is 7. The van der Waals surface area contributed by atoms with Gasteiger partial charge >= 0.3 is 0 Å². The Hall–Kier alpha value is -2.46. The number of rotatable bonds is 9. The van der Waals surface area contributed by atoms with Gasteiger partial charge in [-0.25, -0.2) is 8.42 Å². The molecule has 0 spiro atoms. The maximum Gasteiger partial charge on any atom is 0.293 e. The van der Waals surface area contributed by atoms with Gasteiger partial charge in [0.2, 0.25) is 5.91 Å². The lowest BCUT2D eigenvalue weighted by Gasteiger charge is -2.09. The van der Waals surface area contributed by atoms with Crippen LogP contribution in [0.3, 0.4) is 0 Å². The van der Waals surface area contributed by atoms with Gasteiger partial charge in [-0.1, -0.05) is 6.07 Å². The molecule has 2 aromatic rings. The first-order valence-corrected chi connectivity index (χ1v) is 10.6. The summed E-state index contributed by atoms with van der Waals surface area (Å²) in [6.45, 7) is 0.581. The van der Waals surface area contributed by atoms with Crippen molar-refractivity contribution in [2.24, 2.45) is 0 Å². The molecular formula is C16H19N3O5S2. The molecule has 0 atom stereocenters. The maximum atomic E-state index is 11.8. The van der Waals surface area contributed by atoms with Crippen molar-refractivity contribution < 1.29 is 18.1 Å². The third-order valence-electron chi connectivity index (χ3n) is 3.54. The fraction of sp³-hybridized carbons (Fsp3) is 0.312. The zero-order valence-corrected chi connectivity index (χ0v) is 15.7. The Morgan fingerprint density at radius 3 is 2.65 bits per heavy atom. The van der Waals surface area contributed by atoms with E-state index in [0.717, 1.165) is 17.2 Å². The van der Waals surface area contributed by atoms with Crippen LogP contribution in [-0.4, -0.2) is 38.6 Å². The highest BCUT2D eigenvalue weighted by Gasteiger charge is 2.18. The van der Waals surface area contributed by atoms with Crippen molar-refractivity contribution >= 4 is 38.5 Å². The zero-order chi connectivity index (χ0) is 19.2. The second kappa shape index (κ2) is 8.77. The van der Waals surface area contributed by atoms with Crippen molar-refractivity contribution in [3.8, 4) is 0 Å². The Balaban J connectivity index is 1.85. The summed E-state index contributed by atoms with van der Waals surface area (Å²) in [6.07, 6.45) is 2.05. The largest absolute Gasteiger partial charge is 0.378 e. The second-order valence-corrected chi connectivity index (χ2v) is 8.61. The lowest BCUT2D eigenvalue weighted by Crippen LogP contribution is -2.29. The number of amides is 1. The van der Waals surface area contributed by atoms with Gasteiger partial charge in [0.25, 0.3) is 5.69 Å². The lowest BCUT2D eigenvalue weighted by molar-refractivity contribution is -0.384. The van der Waals surface area contributed by atoms with E-state index in [-0.39, 0.29) is 28.7 Å². The highest BCUT2D eigenvalue weighted by Crippen LogP contribution is 2.27. The summed E-state index contributed by atoms with van der Waals surface area (Å²) in [5.41, 5.74) is -0.118. The Labute approximate surface area is 155 Å². The minimum Gasteiger partial charge on any atom is -0.378 e. The molecule has 1 aromatic heterocycles. The predicted octanol–water partition coefficient (Wildman–Crippen LogP) is 2.22. The minimum atomic E-state index is -3.53. The number of benzene rings is 1.